The first kappa shape index (κ1) is 16.0. The molecule has 0 atom stereocenters. The van der Waals surface area contributed by atoms with Gasteiger partial charge in [0.05, 0.1) is 24.3 Å². The zero-order chi connectivity index (χ0) is 15.9. The summed E-state index contributed by atoms with van der Waals surface area (Å²) in [6, 6.07) is 10.6. The number of hydrogen-bond acceptors (Lipinski definition) is 4. The molecule has 0 aliphatic rings. The van der Waals surface area contributed by atoms with Crippen molar-refractivity contribution < 1.29 is 19.1 Å². The normalized spacial score (nSPS) is 10.5. The van der Waals surface area contributed by atoms with Crippen LogP contribution in [0.3, 0.4) is 0 Å². The molecule has 116 valence electrons. The van der Waals surface area contributed by atoms with Crippen LogP contribution in [0.1, 0.15) is 47.4 Å². The molecule has 0 saturated heterocycles. The summed E-state index contributed by atoms with van der Waals surface area (Å²) in [7, 11) is 0. The lowest BCUT2D eigenvalue weighted by molar-refractivity contribution is 0.0496. The molecule has 0 aliphatic heterocycles. The molecule has 0 unspecified atom stereocenters. The highest BCUT2D eigenvalue weighted by Gasteiger charge is 2.16. The summed E-state index contributed by atoms with van der Waals surface area (Å²) in [6.45, 7) is 4.65. The molecule has 0 aromatic heterocycles. The van der Waals surface area contributed by atoms with Crippen molar-refractivity contribution in [3.05, 3.63) is 47.5 Å². The van der Waals surface area contributed by atoms with Crippen LogP contribution in [0, 0.1) is 0 Å². The minimum atomic E-state index is -0.369. The number of benzene rings is 2. The van der Waals surface area contributed by atoms with Crippen LogP contribution in [0.2, 0.25) is 0 Å². The fourth-order valence-corrected chi connectivity index (χ4v) is 2.21. The SMILES string of the molecule is CCCOC(=O)c1cccc2c(C(=O)OCCC)cccc12. The molecule has 0 heterocycles. The summed E-state index contributed by atoms with van der Waals surface area (Å²) < 4.78 is 10.4. The zero-order valence-electron chi connectivity index (χ0n) is 12.9. The number of rotatable bonds is 6. The van der Waals surface area contributed by atoms with Crippen LogP contribution in [0.5, 0.6) is 0 Å². The minimum absolute atomic E-state index is 0.369. The molecule has 4 nitrogen and oxygen atoms in total. The van der Waals surface area contributed by atoms with Crippen LogP contribution in [0.25, 0.3) is 10.8 Å². The van der Waals surface area contributed by atoms with E-state index >= 15 is 0 Å². The summed E-state index contributed by atoms with van der Waals surface area (Å²) in [6.07, 6.45) is 1.54. The Bertz CT molecular complexity index is 617. The Hall–Kier alpha value is -2.36. The monoisotopic (exact) mass is 300 g/mol. The highest BCUT2D eigenvalue weighted by atomic mass is 16.5. The van der Waals surface area contributed by atoms with Crippen molar-refractivity contribution in [2.75, 3.05) is 13.2 Å². The summed E-state index contributed by atoms with van der Waals surface area (Å²) in [5.41, 5.74) is 0.937. The van der Waals surface area contributed by atoms with Crippen LogP contribution < -0.4 is 0 Å². The number of esters is 2. The van der Waals surface area contributed by atoms with E-state index in [9.17, 15) is 9.59 Å². The van der Waals surface area contributed by atoms with E-state index in [0.29, 0.717) is 35.1 Å². The second kappa shape index (κ2) is 7.59. The summed E-state index contributed by atoms with van der Waals surface area (Å²) in [5, 5.41) is 1.41. The summed E-state index contributed by atoms with van der Waals surface area (Å²) >= 11 is 0. The number of hydrogen-bond donors (Lipinski definition) is 0. The average Bonchev–Trinajstić information content (AvgIpc) is 2.56. The molecule has 0 radical (unpaired) electrons. The third-order valence-corrected chi connectivity index (χ3v) is 3.24. The smallest absolute Gasteiger partial charge is 0.338 e. The van der Waals surface area contributed by atoms with Gasteiger partial charge in [-0.2, -0.15) is 0 Å². The number of ether oxygens (including phenoxy) is 2. The molecular formula is C18H20O4. The second-order valence-electron chi connectivity index (χ2n) is 4.98. The second-order valence-corrected chi connectivity index (χ2v) is 4.98. The molecule has 0 bridgehead atoms. The maximum Gasteiger partial charge on any atom is 0.338 e. The van der Waals surface area contributed by atoms with E-state index in [-0.39, 0.29) is 11.9 Å². The van der Waals surface area contributed by atoms with Crippen LogP contribution >= 0.6 is 0 Å². The van der Waals surface area contributed by atoms with Crippen molar-refractivity contribution in [3.8, 4) is 0 Å². The Morgan fingerprint density at radius 3 is 1.55 bits per heavy atom. The molecule has 0 N–H and O–H groups in total. The molecule has 0 amide bonds. The predicted octanol–water partition coefficient (Wildman–Crippen LogP) is 3.97. The number of carbonyl (C=O) groups excluding carboxylic acids is 2. The van der Waals surface area contributed by atoms with Crippen LogP contribution in [0.4, 0.5) is 0 Å². The fourth-order valence-electron chi connectivity index (χ4n) is 2.21. The van der Waals surface area contributed by atoms with E-state index < -0.39 is 0 Å². The van der Waals surface area contributed by atoms with Gasteiger partial charge in [0.15, 0.2) is 0 Å². The van der Waals surface area contributed by atoms with E-state index in [1.165, 1.54) is 0 Å². The van der Waals surface area contributed by atoms with Gasteiger partial charge in [-0.3, -0.25) is 0 Å². The third kappa shape index (κ3) is 3.45. The standard InChI is InChI=1S/C18H20O4/c1-3-11-21-17(19)15-9-5-8-14-13(15)7-6-10-16(14)18(20)22-12-4-2/h5-10H,3-4,11-12H2,1-2H3. The van der Waals surface area contributed by atoms with Gasteiger partial charge in [-0.05, 0) is 35.7 Å². The predicted molar refractivity (Wildman–Crippen MR) is 85.1 cm³/mol. The Balaban J connectivity index is 2.42. The van der Waals surface area contributed by atoms with Crippen molar-refractivity contribution in [1.29, 1.82) is 0 Å². The number of fused-ring (bicyclic) bond motifs is 1. The molecule has 2 aromatic carbocycles. The van der Waals surface area contributed by atoms with Gasteiger partial charge < -0.3 is 9.47 Å². The Labute approximate surface area is 130 Å². The Morgan fingerprint density at radius 2 is 1.18 bits per heavy atom. The molecule has 0 aliphatic carbocycles. The van der Waals surface area contributed by atoms with Gasteiger partial charge in [0.1, 0.15) is 0 Å². The molecule has 22 heavy (non-hydrogen) atoms. The molecule has 4 heteroatoms. The van der Waals surface area contributed by atoms with E-state index in [1.807, 2.05) is 26.0 Å². The van der Waals surface area contributed by atoms with Crippen molar-refractivity contribution in [1.82, 2.24) is 0 Å². The highest BCUT2D eigenvalue weighted by Crippen LogP contribution is 2.24. The van der Waals surface area contributed by atoms with Crippen molar-refractivity contribution in [3.63, 3.8) is 0 Å². The topological polar surface area (TPSA) is 52.6 Å². The van der Waals surface area contributed by atoms with E-state index in [2.05, 4.69) is 0 Å². The lowest BCUT2D eigenvalue weighted by Crippen LogP contribution is -2.09. The Kier molecular flexibility index (Phi) is 5.53. The highest BCUT2D eigenvalue weighted by molar-refractivity contribution is 6.11. The van der Waals surface area contributed by atoms with Crippen molar-refractivity contribution in [2.24, 2.45) is 0 Å². The summed E-state index contributed by atoms with van der Waals surface area (Å²) in [4.78, 5) is 24.3. The largest absolute Gasteiger partial charge is 0.462 e. The molecule has 0 saturated carbocycles. The molecule has 0 spiro atoms. The Morgan fingerprint density at radius 1 is 0.773 bits per heavy atom. The van der Waals surface area contributed by atoms with Crippen LogP contribution in [-0.4, -0.2) is 25.2 Å². The third-order valence-electron chi connectivity index (χ3n) is 3.24. The maximum absolute atomic E-state index is 12.1. The average molecular weight is 300 g/mol. The first-order valence-corrected chi connectivity index (χ1v) is 7.55. The molecular weight excluding hydrogens is 280 g/mol. The zero-order valence-corrected chi connectivity index (χ0v) is 12.9. The number of carbonyl (C=O) groups is 2. The lowest BCUT2D eigenvalue weighted by Gasteiger charge is -2.10. The maximum atomic E-state index is 12.1. The quantitative estimate of drug-likeness (QED) is 0.757. The van der Waals surface area contributed by atoms with Gasteiger partial charge in [0, 0.05) is 0 Å². The van der Waals surface area contributed by atoms with Gasteiger partial charge >= 0.3 is 11.9 Å². The molecule has 0 fully saturated rings. The van der Waals surface area contributed by atoms with E-state index in [1.54, 1.807) is 24.3 Å². The lowest BCUT2D eigenvalue weighted by atomic mass is 10.00. The first-order chi connectivity index (χ1) is 10.7. The van der Waals surface area contributed by atoms with Crippen LogP contribution in [-0.2, 0) is 9.47 Å². The fraction of sp³-hybridized carbons (Fsp3) is 0.333. The molecule has 2 aromatic rings. The first-order valence-electron chi connectivity index (χ1n) is 7.55. The van der Waals surface area contributed by atoms with E-state index in [0.717, 1.165) is 12.8 Å². The van der Waals surface area contributed by atoms with Crippen LogP contribution in [0.15, 0.2) is 36.4 Å². The molecule has 2 rings (SSSR count). The van der Waals surface area contributed by atoms with Gasteiger partial charge in [0.25, 0.3) is 0 Å². The summed E-state index contributed by atoms with van der Waals surface area (Å²) in [5.74, 6) is -0.738. The van der Waals surface area contributed by atoms with E-state index in [4.69, 9.17) is 9.47 Å². The minimum Gasteiger partial charge on any atom is -0.462 e. The van der Waals surface area contributed by atoms with Gasteiger partial charge in [-0.25, -0.2) is 9.59 Å². The van der Waals surface area contributed by atoms with Crippen molar-refractivity contribution >= 4 is 22.7 Å². The van der Waals surface area contributed by atoms with Gasteiger partial charge in [0.2, 0.25) is 0 Å². The van der Waals surface area contributed by atoms with Crippen molar-refractivity contribution in [2.45, 2.75) is 26.7 Å². The van der Waals surface area contributed by atoms with Gasteiger partial charge in [-0.15, -0.1) is 0 Å². The van der Waals surface area contributed by atoms with Gasteiger partial charge in [-0.1, -0.05) is 38.1 Å².